The van der Waals surface area contributed by atoms with Crippen molar-refractivity contribution in [2.24, 2.45) is 0 Å². The molecule has 0 saturated carbocycles. The van der Waals surface area contributed by atoms with Crippen molar-refractivity contribution in [1.29, 1.82) is 0 Å². The van der Waals surface area contributed by atoms with Crippen molar-refractivity contribution >= 4 is 11.6 Å². The first-order valence-corrected chi connectivity index (χ1v) is 15.2. The van der Waals surface area contributed by atoms with Crippen molar-refractivity contribution in [3.8, 4) is 39.4 Å². The normalized spacial score (nSPS) is 12.6. The number of fused-ring (bicyclic) bond motifs is 2. The number of nitrogens with zero attached hydrogens (tertiary/aromatic N) is 3. The van der Waals surface area contributed by atoms with Crippen molar-refractivity contribution in [3.63, 3.8) is 0 Å². The molecule has 2 aromatic heterocycles. The number of hydrogen-bond donors (Lipinski definition) is 1. The molecule has 0 saturated heterocycles. The second-order valence-electron chi connectivity index (χ2n) is 12.4. The van der Waals surface area contributed by atoms with Gasteiger partial charge in [0.05, 0.1) is 37.1 Å². The monoisotopic (exact) mass is 609 g/mol. The molecule has 0 spiro atoms. The van der Waals surface area contributed by atoms with Crippen LogP contribution in [0.4, 0.5) is 4.39 Å². The summed E-state index contributed by atoms with van der Waals surface area (Å²) < 4.78 is 27.8. The second kappa shape index (κ2) is 12.8. The van der Waals surface area contributed by atoms with E-state index < -0.39 is 17.4 Å². The predicted octanol–water partition coefficient (Wildman–Crippen LogP) is 7.61. The number of aliphatic hydroxyl groups is 1. The molecule has 0 unspecified atom stereocenters. The van der Waals surface area contributed by atoms with Gasteiger partial charge in [-0.05, 0) is 88.8 Å². The fraction of sp³-hybridized carbons (Fsp3) is 0.324. The highest BCUT2D eigenvalue weighted by Gasteiger charge is 2.26. The van der Waals surface area contributed by atoms with Crippen LogP contribution >= 0.6 is 0 Å². The van der Waals surface area contributed by atoms with Crippen LogP contribution in [0.15, 0.2) is 60.7 Å². The summed E-state index contributed by atoms with van der Waals surface area (Å²) in [6.45, 7) is 11.7. The average Bonchev–Trinajstić information content (AvgIpc) is 3.42. The molecule has 1 aliphatic rings. The molecule has 3 heterocycles. The van der Waals surface area contributed by atoms with Gasteiger partial charge < -0.3 is 14.6 Å². The zero-order valence-corrected chi connectivity index (χ0v) is 27.0. The highest BCUT2D eigenvalue weighted by molar-refractivity contribution is 5.81. The number of ether oxygens (including phenoxy) is 2. The molecule has 0 amide bonds. The van der Waals surface area contributed by atoms with Crippen LogP contribution in [0.1, 0.15) is 55.1 Å². The summed E-state index contributed by atoms with van der Waals surface area (Å²) in [6, 6.07) is 19.9. The van der Waals surface area contributed by atoms with Crippen molar-refractivity contribution in [3.05, 3.63) is 94.4 Å². The minimum Gasteiger partial charge on any atom is -0.490 e. The molecule has 5 aromatic rings. The molecular weight excluding hydrogens is 569 g/mol. The standard InChI is InChI=1S/C33H30FN3O3.C4H10O/c1-19-9-5-6-12-24(19)22-10-7-11-23(15-22)29-18-30-35-21(3)27(17-31(38)39-4)32(37(30)36-29)26-16-28(34)33-25(20(26)2)13-8-14-40-33;1-4(2,3)5/h5-7,9-12,15-16,18H,8,13-14,17H2,1-4H3;5H,1-3H3. The van der Waals surface area contributed by atoms with Gasteiger partial charge in [0.2, 0.25) is 0 Å². The molecular formula is C37H40FN3O4. The Hall–Kier alpha value is -4.56. The van der Waals surface area contributed by atoms with Crippen molar-refractivity contribution < 1.29 is 23.8 Å². The van der Waals surface area contributed by atoms with Gasteiger partial charge >= 0.3 is 5.97 Å². The van der Waals surface area contributed by atoms with E-state index in [-0.39, 0.29) is 6.42 Å². The zero-order chi connectivity index (χ0) is 32.5. The summed E-state index contributed by atoms with van der Waals surface area (Å²) in [5.74, 6) is -0.498. The van der Waals surface area contributed by atoms with E-state index in [1.165, 1.54) is 18.7 Å². The van der Waals surface area contributed by atoms with Crippen LogP contribution in [-0.4, -0.2) is 45.0 Å². The highest BCUT2D eigenvalue weighted by atomic mass is 19.1. The summed E-state index contributed by atoms with van der Waals surface area (Å²) in [7, 11) is 1.36. The SMILES string of the molecule is CC(C)(C)O.COC(=O)Cc1c(C)nc2cc(-c3cccc(-c4ccccc4C)c3)nn2c1-c1cc(F)c2c(c1C)CCCO2. The van der Waals surface area contributed by atoms with Crippen LogP contribution < -0.4 is 4.74 Å². The van der Waals surface area contributed by atoms with Crippen LogP contribution in [0, 0.1) is 26.6 Å². The first kappa shape index (κ1) is 31.9. The van der Waals surface area contributed by atoms with E-state index >= 15 is 4.39 Å². The minimum absolute atomic E-state index is 0.00673. The van der Waals surface area contributed by atoms with Gasteiger partial charge in [-0.3, -0.25) is 4.79 Å². The Morgan fingerprint density at radius 2 is 1.73 bits per heavy atom. The van der Waals surface area contributed by atoms with E-state index in [1.807, 2.05) is 44.2 Å². The molecule has 234 valence electrons. The number of rotatable bonds is 5. The predicted molar refractivity (Wildman–Crippen MR) is 175 cm³/mol. The molecule has 0 aliphatic carbocycles. The van der Waals surface area contributed by atoms with Gasteiger partial charge in [0.15, 0.2) is 17.2 Å². The van der Waals surface area contributed by atoms with Gasteiger partial charge in [0, 0.05) is 34.0 Å². The maximum absolute atomic E-state index is 15.4. The molecule has 8 heteroatoms. The number of hydrogen-bond acceptors (Lipinski definition) is 6. The molecule has 6 rings (SSSR count). The molecule has 45 heavy (non-hydrogen) atoms. The first-order chi connectivity index (χ1) is 21.4. The van der Waals surface area contributed by atoms with E-state index in [1.54, 1.807) is 25.3 Å². The number of halogens is 1. The van der Waals surface area contributed by atoms with Gasteiger partial charge in [0.1, 0.15) is 0 Å². The second-order valence-corrected chi connectivity index (χ2v) is 12.4. The molecule has 3 aromatic carbocycles. The van der Waals surface area contributed by atoms with E-state index in [0.29, 0.717) is 40.5 Å². The van der Waals surface area contributed by atoms with Crippen LogP contribution in [0.25, 0.3) is 39.3 Å². The Morgan fingerprint density at radius 3 is 2.44 bits per heavy atom. The lowest BCUT2D eigenvalue weighted by atomic mass is 9.91. The number of aryl methyl sites for hydroxylation is 2. The lowest BCUT2D eigenvalue weighted by Crippen LogP contribution is -2.15. The summed E-state index contributed by atoms with van der Waals surface area (Å²) in [4.78, 5) is 17.3. The summed E-state index contributed by atoms with van der Waals surface area (Å²) >= 11 is 0. The van der Waals surface area contributed by atoms with Crippen molar-refractivity contribution in [2.45, 2.75) is 66.4 Å². The Balaban J connectivity index is 0.000000743. The highest BCUT2D eigenvalue weighted by Crippen LogP contribution is 2.39. The fourth-order valence-electron chi connectivity index (χ4n) is 5.65. The zero-order valence-electron chi connectivity index (χ0n) is 27.0. The molecule has 0 bridgehead atoms. The fourth-order valence-corrected chi connectivity index (χ4v) is 5.65. The lowest BCUT2D eigenvalue weighted by molar-refractivity contribution is -0.139. The average molecular weight is 610 g/mol. The topological polar surface area (TPSA) is 86.0 Å². The summed E-state index contributed by atoms with van der Waals surface area (Å²) in [6.07, 6.45) is 1.54. The van der Waals surface area contributed by atoms with Gasteiger partial charge in [-0.15, -0.1) is 0 Å². The number of carbonyl (C=O) groups excluding carboxylic acids is 1. The van der Waals surface area contributed by atoms with Gasteiger partial charge in [-0.25, -0.2) is 13.9 Å². The van der Waals surface area contributed by atoms with Gasteiger partial charge in [-0.1, -0.05) is 42.5 Å². The number of benzene rings is 3. The Bertz CT molecular complexity index is 1880. The number of esters is 1. The van der Waals surface area contributed by atoms with E-state index in [0.717, 1.165) is 46.4 Å². The van der Waals surface area contributed by atoms with Gasteiger partial charge in [-0.2, -0.15) is 5.10 Å². The number of carbonyl (C=O) groups is 1. The van der Waals surface area contributed by atoms with E-state index in [2.05, 4.69) is 31.2 Å². The molecule has 0 atom stereocenters. The number of aromatic nitrogens is 3. The third-order valence-electron chi connectivity index (χ3n) is 7.76. The maximum Gasteiger partial charge on any atom is 0.310 e. The quantitative estimate of drug-likeness (QED) is 0.207. The lowest BCUT2D eigenvalue weighted by Gasteiger charge is -2.23. The first-order valence-electron chi connectivity index (χ1n) is 15.2. The summed E-state index contributed by atoms with van der Waals surface area (Å²) in [5, 5.41) is 13.5. The Kier molecular flexibility index (Phi) is 9.07. The third kappa shape index (κ3) is 6.91. The Morgan fingerprint density at radius 1 is 1.02 bits per heavy atom. The molecule has 7 nitrogen and oxygen atoms in total. The van der Waals surface area contributed by atoms with Crippen LogP contribution in [0.3, 0.4) is 0 Å². The molecule has 1 aliphatic heterocycles. The van der Waals surface area contributed by atoms with E-state index in [9.17, 15) is 4.79 Å². The molecule has 0 fully saturated rings. The largest absolute Gasteiger partial charge is 0.490 e. The molecule has 0 radical (unpaired) electrons. The van der Waals surface area contributed by atoms with Crippen molar-refractivity contribution in [2.75, 3.05) is 13.7 Å². The minimum atomic E-state index is -0.500. The smallest absolute Gasteiger partial charge is 0.310 e. The van der Waals surface area contributed by atoms with E-state index in [4.69, 9.17) is 24.7 Å². The van der Waals surface area contributed by atoms with Crippen LogP contribution in [0.2, 0.25) is 0 Å². The third-order valence-corrected chi connectivity index (χ3v) is 7.76. The van der Waals surface area contributed by atoms with Gasteiger partial charge in [0.25, 0.3) is 0 Å². The maximum atomic E-state index is 15.4. The summed E-state index contributed by atoms with van der Waals surface area (Å²) in [5.41, 5.74) is 9.62. The van der Waals surface area contributed by atoms with Crippen LogP contribution in [-0.2, 0) is 22.4 Å². The van der Waals surface area contributed by atoms with Crippen LogP contribution in [0.5, 0.6) is 5.75 Å². The molecule has 1 N–H and O–H groups in total. The Labute approximate surface area is 263 Å². The van der Waals surface area contributed by atoms with Crippen molar-refractivity contribution in [1.82, 2.24) is 14.6 Å². The number of methoxy groups -OCH3 is 1.